The van der Waals surface area contributed by atoms with E-state index < -0.39 is 18.4 Å². The van der Waals surface area contributed by atoms with Crippen molar-refractivity contribution in [3.63, 3.8) is 0 Å². The number of hydrogen-bond acceptors (Lipinski definition) is 9. The van der Waals surface area contributed by atoms with Gasteiger partial charge in [-0.05, 0) is 49.9 Å². The number of rotatable bonds is 9. The summed E-state index contributed by atoms with van der Waals surface area (Å²) in [5.41, 5.74) is 5.33. The molecule has 0 spiro atoms. The molecule has 2 aromatic carbocycles. The van der Waals surface area contributed by atoms with Gasteiger partial charge in [0.15, 0.2) is 11.5 Å². The van der Waals surface area contributed by atoms with Gasteiger partial charge in [0, 0.05) is 67.9 Å². The summed E-state index contributed by atoms with van der Waals surface area (Å²) in [6.07, 6.45) is 1.42. The Labute approximate surface area is 247 Å². The summed E-state index contributed by atoms with van der Waals surface area (Å²) in [7, 11) is 3.60. The van der Waals surface area contributed by atoms with Crippen LogP contribution in [0.25, 0.3) is 5.82 Å². The highest BCUT2D eigenvalue weighted by molar-refractivity contribution is 6.04. The number of hydrogen-bond donors (Lipinski definition) is 4. The second kappa shape index (κ2) is 12.9. The Kier molecular flexibility index (Phi) is 8.87. The third kappa shape index (κ3) is 6.93. The number of carbonyl (C=O) groups is 2. The molecule has 4 N–H and O–H groups in total. The third-order valence-corrected chi connectivity index (χ3v) is 7.02. The topological polar surface area (TPSA) is 132 Å². The lowest BCUT2D eigenvalue weighted by molar-refractivity contribution is 0.0956. The van der Waals surface area contributed by atoms with E-state index in [2.05, 4.69) is 53.4 Å². The normalized spacial score (nSPS) is 13.9. The minimum absolute atomic E-state index is 0.127. The average molecular weight is 591 g/mol. The van der Waals surface area contributed by atoms with Crippen molar-refractivity contribution in [1.82, 2.24) is 35.0 Å². The molecule has 43 heavy (non-hydrogen) atoms. The molecule has 2 amide bonds. The maximum Gasteiger partial charge on any atom is 0.271 e. The molecule has 0 radical (unpaired) electrons. The van der Waals surface area contributed by atoms with Crippen molar-refractivity contribution in [3.05, 3.63) is 83.1 Å². The van der Waals surface area contributed by atoms with Crippen molar-refractivity contribution in [3.8, 4) is 5.82 Å². The fourth-order valence-corrected chi connectivity index (χ4v) is 4.48. The Bertz CT molecular complexity index is 1640. The molecule has 3 heterocycles. The molecule has 224 valence electrons. The Balaban J connectivity index is 1.41. The van der Waals surface area contributed by atoms with Gasteiger partial charge in [0.2, 0.25) is 0 Å². The molecule has 0 saturated carbocycles. The molecule has 4 aromatic rings. The summed E-state index contributed by atoms with van der Waals surface area (Å²) in [5.74, 6) is -0.157. The second-order valence-electron chi connectivity index (χ2n) is 10.1. The molecule has 1 aliphatic heterocycles. The molecule has 1 fully saturated rings. The van der Waals surface area contributed by atoms with E-state index in [1.807, 2.05) is 6.92 Å². The number of anilines is 4. The van der Waals surface area contributed by atoms with Gasteiger partial charge >= 0.3 is 0 Å². The molecule has 1 saturated heterocycles. The number of nitrogens with one attached hydrogen (secondary N) is 4. The average Bonchev–Trinajstić information content (AvgIpc) is 3.43. The molecule has 0 atom stereocenters. The lowest BCUT2D eigenvalue weighted by Gasteiger charge is -2.32. The molecule has 0 bridgehead atoms. The van der Waals surface area contributed by atoms with Crippen LogP contribution >= 0.6 is 0 Å². The van der Waals surface area contributed by atoms with Crippen LogP contribution in [0.2, 0.25) is 0 Å². The highest BCUT2D eigenvalue weighted by atomic mass is 19.1. The van der Waals surface area contributed by atoms with E-state index in [1.165, 1.54) is 30.2 Å². The van der Waals surface area contributed by atoms with E-state index in [-0.39, 0.29) is 22.7 Å². The molecule has 0 unspecified atom stereocenters. The molecule has 5 rings (SSSR count). The van der Waals surface area contributed by atoms with E-state index in [4.69, 9.17) is 0 Å². The van der Waals surface area contributed by atoms with Crippen LogP contribution < -0.4 is 21.4 Å². The quantitative estimate of drug-likeness (QED) is 0.231. The van der Waals surface area contributed by atoms with E-state index in [0.29, 0.717) is 28.8 Å². The number of carbonyl (C=O) groups excluding carboxylic acids is 2. The number of halogens is 2. The van der Waals surface area contributed by atoms with Gasteiger partial charge in [-0.15, -0.1) is 0 Å². The standard InChI is InChI=1S/C29H32F2N10O2/c1-18-4-6-21(35-28(42)19-5-7-22(31)20(12-19)16-30)13-23(18)36-27-14-24(29(43)32-2)37-41(27)26-15-25(33-17-34-26)38-40-10-8-39(3)9-11-40/h4-7,12-15,17,36H,8-11,16H2,1-3H3,(H,32,43)(H,35,42)(H,33,34,38). The molecular weight excluding hydrogens is 558 g/mol. The van der Waals surface area contributed by atoms with Crippen LogP contribution in [0.1, 0.15) is 32.0 Å². The van der Waals surface area contributed by atoms with Crippen LogP contribution in [-0.2, 0) is 6.67 Å². The number of aromatic nitrogens is 4. The van der Waals surface area contributed by atoms with Crippen LogP contribution in [0.15, 0.2) is 54.9 Å². The van der Waals surface area contributed by atoms with Gasteiger partial charge in [0.25, 0.3) is 11.8 Å². The number of amides is 2. The van der Waals surface area contributed by atoms with Gasteiger partial charge in [0.1, 0.15) is 30.5 Å². The first-order chi connectivity index (χ1) is 20.7. The van der Waals surface area contributed by atoms with Gasteiger partial charge in [-0.2, -0.15) is 9.78 Å². The van der Waals surface area contributed by atoms with Crippen LogP contribution in [0.5, 0.6) is 0 Å². The largest absolute Gasteiger partial charge is 0.354 e. The summed E-state index contributed by atoms with van der Waals surface area (Å²) < 4.78 is 28.3. The maximum atomic E-state index is 13.7. The predicted molar refractivity (Wildman–Crippen MR) is 159 cm³/mol. The number of nitrogens with zero attached hydrogens (tertiary/aromatic N) is 6. The number of hydrazine groups is 1. The zero-order chi connectivity index (χ0) is 30.5. The van der Waals surface area contributed by atoms with Crippen LogP contribution in [-0.4, -0.2) is 81.7 Å². The third-order valence-electron chi connectivity index (χ3n) is 7.02. The molecule has 1 aliphatic rings. The lowest BCUT2D eigenvalue weighted by Crippen LogP contribution is -2.47. The van der Waals surface area contributed by atoms with E-state index in [9.17, 15) is 18.4 Å². The summed E-state index contributed by atoms with van der Waals surface area (Å²) >= 11 is 0. The second-order valence-corrected chi connectivity index (χ2v) is 10.1. The molecule has 12 nitrogen and oxygen atoms in total. The van der Waals surface area contributed by atoms with Crippen LogP contribution in [0, 0.1) is 12.7 Å². The highest BCUT2D eigenvalue weighted by Gasteiger charge is 2.19. The Morgan fingerprint density at radius 2 is 1.77 bits per heavy atom. The minimum atomic E-state index is -1.02. The number of benzene rings is 2. The van der Waals surface area contributed by atoms with Crippen molar-refractivity contribution >= 4 is 34.8 Å². The zero-order valence-corrected chi connectivity index (χ0v) is 24.0. The molecule has 0 aliphatic carbocycles. The first kappa shape index (κ1) is 29.5. The Morgan fingerprint density at radius 3 is 2.51 bits per heavy atom. The van der Waals surface area contributed by atoms with Crippen molar-refractivity contribution < 1.29 is 18.4 Å². The van der Waals surface area contributed by atoms with Crippen molar-refractivity contribution in [2.45, 2.75) is 13.6 Å². The summed E-state index contributed by atoms with van der Waals surface area (Å²) in [5, 5.41) is 15.2. The number of alkyl halides is 1. The predicted octanol–water partition coefficient (Wildman–Crippen LogP) is 3.51. The number of piperazine rings is 1. The first-order valence-corrected chi connectivity index (χ1v) is 13.6. The van der Waals surface area contributed by atoms with E-state index in [1.54, 1.807) is 30.3 Å². The monoisotopic (exact) mass is 590 g/mol. The molecule has 2 aromatic heterocycles. The smallest absolute Gasteiger partial charge is 0.271 e. The van der Waals surface area contributed by atoms with Gasteiger partial charge in [-0.25, -0.2) is 23.8 Å². The Hall–Kier alpha value is -4.95. The van der Waals surface area contributed by atoms with E-state index >= 15 is 0 Å². The summed E-state index contributed by atoms with van der Waals surface area (Å²) in [4.78, 5) is 36.3. The van der Waals surface area contributed by atoms with Gasteiger partial charge < -0.3 is 26.3 Å². The zero-order valence-electron chi connectivity index (χ0n) is 24.0. The SMILES string of the molecule is CNC(=O)c1cc(Nc2cc(NC(=O)c3ccc(F)c(CF)c3)ccc2C)n(-c2cc(NN3CCN(C)CC3)ncn2)n1. The van der Waals surface area contributed by atoms with Crippen molar-refractivity contribution in [2.24, 2.45) is 0 Å². The highest BCUT2D eigenvalue weighted by Crippen LogP contribution is 2.27. The maximum absolute atomic E-state index is 13.7. The molecular formula is C29H32F2N10O2. The molecule has 14 heteroatoms. The fourth-order valence-electron chi connectivity index (χ4n) is 4.48. The van der Waals surface area contributed by atoms with Crippen molar-refractivity contribution in [2.75, 3.05) is 56.3 Å². The van der Waals surface area contributed by atoms with Gasteiger partial charge in [0.05, 0.1) is 0 Å². The lowest BCUT2D eigenvalue weighted by atomic mass is 10.1. The number of aryl methyl sites for hydroxylation is 1. The number of likely N-dealkylation sites (N-methyl/N-ethyl adjacent to an activating group) is 1. The van der Waals surface area contributed by atoms with Crippen molar-refractivity contribution in [1.29, 1.82) is 0 Å². The van der Waals surface area contributed by atoms with Crippen LogP contribution in [0.3, 0.4) is 0 Å². The van der Waals surface area contributed by atoms with Gasteiger partial charge in [-0.3, -0.25) is 9.59 Å². The minimum Gasteiger partial charge on any atom is -0.354 e. The van der Waals surface area contributed by atoms with E-state index in [0.717, 1.165) is 37.8 Å². The summed E-state index contributed by atoms with van der Waals surface area (Å²) in [6.45, 7) is 4.37. The Morgan fingerprint density at radius 1 is 0.977 bits per heavy atom. The summed E-state index contributed by atoms with van der Waals surface area (Å²) in [6, 6.07) is 12.1. The fraction of sp³-hybridized carbons (Fsp3) is 0.276. The van der Waals surface area contributed by atoms with Gasteiger partial charge in [-0.1, -0.05) is 6.07 Å². The first-order valence-electron chi connectivity index (χ1n) is 13.6. The van der Waals surface area contributed by atoms with Crippen LogP contribution in [0.4, 0.5) is 31.8 Å².